The second kappa shape index (κ2) is 9.32. The first-order valence-corrected chi connectivity index (χ1v) is 11.3. The number of hydrogen-bond donors (Lipinski definition) is 2. The van der Waals surface area contributed by atoms with Crippen molar-refractivity contribution in [2.24, 2.45) is 0 Å². The van der Waals surface area contributed by atoms with Crippen LogP contribution in [0.15, 0.2) is 64.9 Å². The van der Waals surface area contributed by atoms with Crippen LogP contribution < -0.4 is 10.6 Å². The van der Waals surface area contributed by atoms with Crippen LogP contribution in [0.4, 0.5) is 10.8 Å². The minimum absolute atomic E-state index is 0.127. The van der Waals surface area contributed by atoms with Crippen LogP contribution in [-0.4, -0.2) is 34.1 Å². The van der Waals surface area contributed by atoms with E-state index >= 15 is 0 Å². The SMILES string of the molecule is C[C@@H](OC(=O)C[C@@H]1Sc2ccccc2NC1=O)C(=O)Nc1nc(-c2ccccc2)cs1. The number of esters is 1. The normalized spacial score (nSPS) is 16.0. The van der Waals surface area contributed by atoms with E-state index in [1.807, 2.05) is 60.0 Å². The van der Waals surface area contributed by atoms with Gasteiger partial charge in [0.2, 0.25) is 5.91 Å². The molecule has 2 N–H and O–H groups in total. The van der Waals surface area contributed by atoms with Crippen LogP contribution in [0.25, 0.3) is 11.3 Å². The van der Waals surface area contributed by atoms with E-state index in [0.717, 1.165) is 21.8 Å². The van der Waals surface area contributed by atoms with Gasteiger partial charge in [0.25, 0.3) is 5.91 Å². The minimum atomic E-state index is -1.01. The van der Waals surface area contributed by atoms with Gasteiger partial charge in [-0.25, -0.2) is 4.98 Å². The van der Waals surface area contributed by atoms with Crippen LogP contribution >= 0.6 is 23.1 Å². The summed E-state index contributed by atoms with van der Waals surface area (Å²) in [7, 11) is 0. The van der Waals surface area contributed by atoms with Gasteiger partial charge in [-0.05, 0) is 19.1 Å². The molecule has 0 unspecified atom stereocenters. The van der Waals surface area contributed by atoms with Crippen molar-refractivity contribution in [3.05, 3.63) is 60.0 Å². The zero-order chi connectivity index (χ0) is 21.8. The Bertz CT molecular complexity index is 1120. The molecule has 0 saturated carbocycles. The molecule has 0 bridgehead atoms. The van der Waals surface area contributed by atoms with Gasteiger partial charge in [0.05, 0.1) is 23.1 Å². The highest BCUT2D eigenvalue weighted by Gasteiger charge is 2.30. The molecule has 158 valence electrons. The number of rotatable bonds is 6. The van der Waals surface area contributed by atoms with E-state index in [-0.39, 0.29) is 12.3 Å². The molecule has 3 aromatic rings. The average Bonchev–Trinajstić information content (AvgIpc) is 3.23. The highest BCUT2D eigenvalue weighted by molar-refractivity contribution is 8.01. The predicted octanol–water partition coefficient (Wildman–Crippen LogP) is 4.18. The Morgan fingerprint density at radius 1 is 1.16 bits per heavy atom. The standard InChI is InChI=1S/C22H19N3O4S2/c1-13(20(27)25-22-24-16(12-30-22)14-7-3-2-4-8-14)29-19(26)11-18-21(28)23-15-9-5-6-10-17(15)31-18/h2-10,12-13,18H,11H2,1H3,(H,23,28)(H,24,25,27)/t13-,18+/m1/s1. The molecule has 9 heteroatoms. The first kappa shape index (κ1) is 21.1. The number of carbonyl (C=O) groups is 3. The van der Waals surface area contributed by atoms with Crippen LogP contribution in [-0.2, 0) is 19.1 Å². The molecule has 1 aromatic heterocycles. The molecular weight excluding hydrogens is 434 g/mol. The van der Waals surface area contributed by atoms with Gasteiger partial charge < -0.3 is 10.1 Å². The number of aromatic nitrogens is 1. The number of anilines is 2. The Balaban J connectivity index is 1.30. The van der Waals surface area contributed by atoms with Crippen molar-refractivity contribution in [2.75, 3.05) is 10.6 Å². The first-order chi connectivity index (χ1) is 15.0. The van der Waals surface area contributed by atoms with Gasteiger partial charge in [0, 0.05) is 15.8 Å². The summed E-state index contributed by atoms with van der Waals surface area (Å²) in [6.07, 6.45) is -1.14. The fourth-order valence-electron chi connectivity index (χ4n) is 2.96. The summed E-state index contributed by atoms with van der Waals surface area (Å²) in [4.78, 5) is 42.3. The van der Waals surface area contributed by atoms with Gasteiger partial charge in [-0.15, -0.1) is 23.1 Å². The fourth-order valence-corrected chi connectivity index (χ4v) is 4.77. The lowest BCUT2D eigenvalue weighted by Gasteiger charge is -2.23. The molecule has 0 radical (unpaired) electrons. The second-order valence-electron chi connectivity index (χ2n) is 6.82. The van der Waals surface area contributed by atoms with Crippen LogP contribution in [0, 0.1) is 0 Å². The van der Waals surface area contributed by atoms with Gasteiger partial charge in [0.15, 0.2) is 11.2 Å². The lowest BCUT2D eigenvalue weighted by Crippen LogP contribution is -2.34. The first-order valence-electron chi connectivity index (χ1n) is 9.57. The van der Waals surface area contributed by atoms with Crippen molar-refractivity contribution in [3.8, 4) is 11.3 Å². The Kier molecular flexibility index (Phi) is 6.34. The largest absolute Gasteiger partial charge is 0.452 e. The number of carbonyl (C=O) groups excluding carboxylic acids is 3. The summed E-state index contributed by atoms with van der Waals surface area (Å²) >= 11 is 2.60. The summed E-state index contributed by atoms with van der Waals surface area (Å²) in [6, 6.07) is 17.0. The van der Waals surface area contributed by atoms with Crippen molar-refractivity contribution >= 4 is 51.7 Å². The third kappa shape index (κ3) is 5.12. The number of thioether (sulfide) groups is 1. The lowest BCUT2D eigenvalue weighted by atomic mass is 10.2. The third-order valence-corrected chi connectivity index (χ3v) is 6.57. The number of fused-ring (bicyclic) bond motifs is 1. The maximum absolute atomic E-state index is 12.4. The van der Waals surface area contributed by atoms with Crippen LogP contribution in [0.5, 0.6) is 0 Å². The molecule has 4 rings (SSSR count). The number of ether oxygens (including phenoxy) is 1. The number of benzene rings is 2. The van der Waals surface area contributed by atoms with Crippen molar-refractivity contribution in [3.63, 3.8) is 0 Å². The predicted molar refractivity (Wildman–Crippen MR) is 121 cm³/mol. The number of amides is 2. The smallest absolute Gasteiger partial charge is 0.308 e. The lowest BCUT2D eigenvalue weighted by molar-refractivity contribution is -0.153. The van der Waals surface area contributed by atoms with E-state index in [1.54, 1.807) is 0 Å². The van der Waals surface area contributed by atoms with Crippen molar-refractivity contribution < 1.29 is 19.1 Å². The zero-order valence-electron chi connectivity index (χ0n) is 16.5. The molecule has 1 aliphatic rings. The maximum Gasteiger partial charge on any atom is 0.308 e. The Morgan fingerprint density at radius 2 is 1.90 bits per heavy atom. The number of nitrogens with one attached hydrogen (secondary N) is 2. The molecule has 2 amide bonds. The number of nitrogens with zero attached hydrogens (tertiary/aromatic N) is 1. The molecule has 0 fully saturated rings. The Labute approximate surface area is 187 Å². The molecule has 0 aliphatic carbocycles. The van der Waals surface area contributed by atoms with Crippen LogP contribution in [0.1, 0.15) is 13.3 Å². The van der Waals surface area contributed by atoms with Gasteiger partial charge in [-0.3, -0.25) is 19.7 Å². The monoisotopic (exact) mass is 453 g/mol. The molecule has 0 spiro atoms. The van der Waals surface area contributed by atoms with Gasteiger partial charge in [-0.2, -0.15) is 0 Å². The molecule has 2 aromatic carbocycles. The molecule has 0 saturated heterocycles. The molecule has 31 heavy (non-hydrogen) atoms. The van der Waals surface area contributed by atoms with E-state index in [2.05, 4.69) is 15.6 Å². The minimum Gasteiger partial charge on any atom is -0.452 e. The topological polar surface area (TPSA) is 97.4 Å². The Hall–Kier alpha value is -3.17. The van der Waals surface area contributed by atoms with Gasteiger partial charge in [0.1, 0.15) is 0 Å². The molecule has 1 aliphatic heterocycles. The van der Waals surface area contributed by atoms with Crippen molar-refractivity contribution in [2.45, 2.75) is 29.6 Å². The summed E-state index contributed by atoms with van der Waals surface area (Å²) in [5.41, 5.74) is 2.43. The molecule has 2 heterocycles. The fraction of sp³-hybridized carbons (Fsp3) is 0.182. The molecule has 2 atom stereocenters. The van der Waals surface area contributed by atoms with E-state index in [4.69, 9.17) is 4.74 Å². The summed E-state index contributed by atoms with van der Waals surface area (Å²) < 4.78 is 5.25. The van der Waals surface area contributed by atoms with Crippen LogP contribution in [0.2, 0.25) is 0 Å². The highest BCUT2D eigenvalue weighted by Crippen LogP contribution is 2.36. The van der Waals surface area contributed by atoms with Gasteiger partial charge in [-0.1, -0.05) is 42.5 Å². The Morgan fingerprint density at radius 3 is 2.71 bits per heavy atom. The zero-order valence-corrected chi connectivity index (χ0v) is 18.2. The average molecular weight is 454 g/mol. The quantitative estimate of drug-likeness (QED) is 0.544. The third-order valence-electron chi connectivity index (χ3n) is 4.54. The van der Waals surface area contributed by atoms with E-state index in [9.17, 15) is 14.4 Å². The summed E-state index contributed by atoms with van der Waals surface area (Å²) in [5.74, 6) is -1.35. The number of para-hydroxylation sites is 1. The van der Waals surface area contributed by atoms with E-state index in [0.29, 0.717) is 5.13 Å². The van der Waals surface area contributed by atoms with Crippen molar-refractivity contribution in [1.29, 1.82) is 0 Å². The van der Waals surface area contributed by atoms with Crippen LogP contribution in [0.3, 0.4) is 0 Å². The highest BCUT2D eigenvalue weighted by atomic mass is 32.2. The number of hydrogen-bond acceptors (Lipinski definition) is 7. The number of thiazole rings is 1. The second-order valence-corrected chi connectivity index (χ2v) is 8.92. The summed E-state index contributed by atoms with van der Waals surface area (Å²) in [6.45, 7) is 1.49. The summed E-state index contributed by atoms with van der Waals surface area (Å²) in [5, 5.41) is 7.12. The van der Waals surface area contributed by atoms with E-state index < -0.39 is 23.2 Å². The maximum atomic E-state index is 12.4. The molecule has 7 nitrogen and oxygen atoms in total. The molecular formula is C22H19N3O4S2. The van der Waals surface area contributed by atoms with E-state index in [1.165, 1.54) is 30.0 Å². The van der Waals surface area contributed by atoms with Crippen molar-refractivity contribution in [1.82, 2.24) is 4.98 Å². The van der Waals surface area contributed by atoms with Gasteiger partial charge >= 0.3 is 5.97 Å².